The molecule has 51 heavy (non-hydrogen) atoms. The van der Waals surface area contributed by atoms with Crippen molar-refractivity contribution in [2.24, 2.45) is 0 Å². The average molecular weight is 728 g/mol. The first-order chi connectivity index (χ1) is 24.6. The maximum atomic E-state index is 12.0. The van der Waals surface area contributed by atoms with Crippen LogP contribution in [0.2, 0.25) is 0 Å². The van der Waals surface area contributed by atoms with Crippen LogP contribution in [-0.2, 0) is 38.2 Å². The van der Waals surface area contributed by atoms with Crippen LogP contribution >= 0.6 is 0 Å². The fourth-order valence-electron chi connectivity index (χ4n) is 5.37. The second-order valence-electron chi connectivity index (χ2n) is 13.4. The Hall–Kier alpha value is -3.06. The minimum atomic E-state index is -1.21. The minimum Gasteiger partial charge on any atom is -0.481 e. The third-order valence-corrected chi connectivity index (χ3v) is 8.44. The molecule has 3 amide bonds. The van der Waals surface area contributed by atoms with Crippen molar-refractivity contribution in [1.82, 2.24) is 16.0 Å². The number of carboxylic acid groups (broad SMARTS) is 2. The van der Waals surface area contributed by atoms with E-state index in [1.165, 1.54) is 64.7 Å². The summed E-state index contributed by atoms with van der Waals surface area (Å²) in [5, 5.41) is 25.8. The van der Waals surface area contributed by atoms with E-state index < -0.39 is 23.9 Å². The molecule has 13 nitrogen and oxygen atoms in total. The van der Waals surface area contributed by atoms with Gasteiger partial charge in [0.05, 0.1) is 0 Å². The second-order valence-corrected chi connectivity index (χ2v) is 13.4. The summed E-state index contributed by atoms with van der Waals surface area (Å²) in [6.45, 7) is 4.75. The Balaban J connectivity index is 3.40. The second kappa shape index (κ2) is 35.3. The van der Waals surface area contributed by atoms with E-state index in [2.05, 4.69) is 16.0 Å². The first kappa shape index (κ1) is 47.9. The molecule has 296 valence electrons. The summed E-state index contributed by atoms with van der Waals surface area (Å²) in [6, 6.07) is -1.14. The number of ether oxygens (including phenoxy) is 2. The van der Waals surface area contributed by atoms with Crippen LogP contribution in [0.3, 0.4) is 0 Å². The topological polar surface area (TPSA) is 197 Å². The number of amides is 3. The third-order valence-electron chi connectivity index (χ3n) is 8.44. The molecule has 0 heterocycles. The van der Waals surface area contributed by atoms with Gasteiger partial charge >= 0.3 is 11.9 Å². The normalized spacial score (nSPS) is 11.5. The number of rotatable bonds is 38. The van der Waals surface area contributed by atoms with Crippen molar-refractivity contribution in [2.75, 3.05) is 39.5 Å². The quantitative estimate of drug-likeness (QED) is 0.0481. The highest BCUT2D eigenvalue weighted by Crippen LogP contribution is 2.14. The monoisotopic (exact) mass is 727 g/mol. The fraction of sp³-hybridized carbons (Fsp3) is 0.842. The Kier molecular flexibility index (Phi) is 33.2. The van der Waals surface area contributed by atoms with E-state index in [4.69, 9.17) is 19.7 Å². The fourth-order valence-corrected chi connectivity index (χ4v) is 5.37. The highest BCUT2D eigenvalue weighted by Gasteiger charge is 2.20. The maximum absolute atomic E-state index is 12.0. The molecular formula is C38H69N3O10. The number of carbonyl (C=O) groups is 6. The van der Waals surface area contributed by atoms with Crippen molar-refractivity contribution in [3.05, 3.63) is 0 Å². The van der Waals surface area contributed by atoms with Gasteiger partial charge in [0.1, 0.15) is 11.8 Å². The average Bonchev–Trinajstić information content (AvgIpc) is 3.08. The van der Waals surface area contributed by atoms with Crippen LogP contribution in [0.4, 0.5) is 0 Å². The lowest BCUT2D eigenvalue weighted by Crippen LogP contribution is -2.41. The van der Waals surface area contributed by atoms with Crippen molar-refractivity contribution in [1.29, 1.82) is 0 Å². The zero-order valence-electron chi connectivity index (χ0n) is 31.5. The van der Waals surface area contributed by atoms with E-state index in [9.17, 15) is 28.8 Å². The summed E-state index contributed by atoms with van der Waals surface area (Å²) in [4.78, 5) is 68.6. The Bertz CT molecular complexity index is 947. The maximum Gasteiger partial charge on any atom is 0.326 e. The van der Waals surface area contributed by atoms with Crippen LogP contribution in [0.5, 0.6) is 0 Å². The Morgan fingerprint density at radius 2 is 0.863 bits per heavy atom. The number of hydrogen-bond donors (Lipinski definition) is 5. The van der Waals surface area contributed by atoms with Gasteiger partial charge in [0.2, 0.25) is 17.7 Å². The van der Waals surface area contributed by atoms with Crippen LogP contribution in [-0.4, -0.2) is 91.2 Å². The molecule has 1 atom stereocenters. The van der Waals surface area contributed by atoms with Crippen LogP contribution in [0.25, 0.3) is 0 Å². The summed E-state index contributed by atoms with van der Waals surface area (Å²) in [6.07, 6.45) is 20.3. The molecule has 0 aliphatic rings. The van der Waals surface area contributed by atoms with Gasteiger partial charge in [-0.2, -0.15) is 0 Å². The molecule has 0 radical (unpaired) electrons. The number of carbonyl (C=O) groups excluding carboxylic acids is 4. The Morgan fingerprint density at radius 3 is 1.29 bits per heavy atom. The molecule has 0 aromatic rings. The molecule has 0 aliphatic heterocycles. The van der Waals surface area contributed by atoms with Crippen LogP contribution < -0.4 is 16.0 Å². The van der Waals surface area contributed by atoms with E-state index in [1.54, 1.807) is 0 Å². The van der Waals surface area contributed by atoms with Gasteiger partial charge in [0.25, 0.3) is 0 Å². The lowest BCUT2D eigenvalue weighted by Gasteiger charge is -2.13. The van der Waals surface area contributed by atoms with Gasteiger partial charge in [-0.3, -0.25) is 19.2 Å². The summed E-state index contributed by atoms with van der Waals surface area (Å²) in [5.41, 5.74) is 0. The first-order valence-corrected chi connectivity index (χ1v) is 19.5. The van der Waals surface area contributed by atoms with E-state index in [0.29, 0.717) is 58.8 Å². The third kappa shape index (κ3) is 36.5. The molecular weight excluding hydrogens is 658 g/mol. The Labute approximate surface area is 306 Å². The number of hydrogen-bond acceptors (Lipinski definition) is 8. The van der Waals surface area contributed by atoms with Gasteiger partial charge in [-0.1, -0.05) is 77.0 Å². The van der Waals surface area contributed by atoms with Gasteiger partial charge in [-0.05, 0) is 51.9 Å². The molecule has 0 saturated carbocycles. The molecule has 5 N–H and O–H groups in total. The van der Waals surface area contributed by atoms with E-state index in [-0.39, 0.29) is 43.3 Å². The molecule has 0 rings (SSSR count). The van der Waals surface area contributed by atoms with E-state index >= 15 is 0 Å². The molecule has 1 unspecified atom stereocenters. The predicted octanol–water partition coefficient (Wildman–Crippen LogP) is 5.86. The molecule has 0 saturated heterocycles. The minimum absolute atomic E-state index is 0.0180. The van der Waals surface area contributed by atoms with Crippen LogP contribution in [0.15, 0.2) is 0 Å². The predicted molar refractivity (Wildman–Crippen MR) is 196 cm³/mol. The van der Waals surface area contributed by atoms with Crippen molar-refractivity contribution in [3.8, 4) is 0 Å². The summed E-state index contributed by atoms with van der Waals surface area (Å²) >= 11 is 0. The number of nitrogens with one attached hydrogen (secondary N) is 3. The summed E-state index contributed by atoms with van der Waals surface area (Å²) in [7, 11) is 0. The SMILES string of the molecule is CC(=O)CCC(NC(=O)CCC(=O)NCCCOCCCCOCCCNC(=O)CCCCCCCCCCCCCCCCC(=O)O)C(=O)O. The zero-order valence-corrected chi connectivity index (χ0v) is 31.5. The van der Waals surface area contributed by atoms with Crippen LogP contribution in [0, 0.1) is 0 Å². The van der Waals surface area contributed by atoms with Crippen molar-refractivity contribution in [3.63, 3.8) is 0 Å². The molecule has 0 spiro atoms. The van der Waals surface area contributed by atoms with E-state index in [1.807, 2.05) is 0 Å². The molecule has 0 aromatic heterocycles. The van der Waals surface area contributed by atoms with Crippen LogP contribution in [0.1, 0.15) is 161 Å². The highest BCUT2D eigenvalue weighted by molar-refractivity contribution is 5.87. The van der Waals surface area contributed by atoms with Gasteiger partial charge in [0, 0.05) is 71.6 Å². The number of Topliss-reactive ketones (excluding diaryl/α,β-unsaturated/α-hetero) is 1. The molecule has 0 bridgehead atoms. The lowest BCUT2D eigenvalue weighted by atomic mass is 10.0. The van der Waals surface area contributed by atoms with Gasteiger partial charge in [-0.25, -0.2) is 4.79 Å². The van der Waals surface area contributed by atoms with E-state index in [0.717, 1.165) is 51.4 Å². The number of unbranched alkanes of at least 4 members (excludes halogenated alkanes) is 14. The number of ketones is 1. The van der Waals surface area contributed by atoms with Gasteiger partial charge in [0.15, 0.2) is 0 Å². The molecule has 0 aromatic carbocycles. The van der Waals surface area contributed by atoms with Gasteiger partial charge < -0.3 is 40.4 Å². The van der Waals surface area contributed by atoms with Crippen molar-refractivity contribution >= 4 is 35.4 Å². The zero-order chi connectivity index (χ0) is 37.8. The standard InChI is InChI=1S/C38H69N3O10/c1-32(42)22-23-33(38(48)49)41-36(45)25-24-35(44)40-27-19-31-51-29-17-16-28-50-30-18-26-39-34(43)20-14-12-10-8-6-4-2-3-5-7-9-11-13-15-21-37(46)47/h33H,2-31H2,1H3,(H,39,43)(H,40,44)(H,41,45)(H,46,47)(H,48,49). The lowest BCUT2D eigenvalue weighted by molar-refractivity contribution is -0.142. The molecule has 13 heteroatoms. The molecule has 0 aliphatic carbocycles. The molecule has 0 fully saturated rings. The largest absolute Gasteiger partial charge is 0.481 e. The van der Waals surface area contributed by atoms with Crippen molar-refractivity contribution < 1.29 is 48.5 Å². The smallest absolute Gasteiger partial charge is 0.326 e. The van der Waals surface area contributed by atoms with Gasteiger partial charge in [-0.15, -0.1) is 0 Å². The Morgan fingerprint density at radius 1 is 0.471 bits per heavy atom. The van der Waals surface area contributed by atoms with Crippen molar-refractivity contribution in [2.45, 2.75) is 167 Å². The first-order valence-electron chi connectivity index (χ1n) is 19.5. The summed E-state index contributed by atoms with van der Waals surface area (Å²) < 4.78 is 11.2. The number of aliphatic carboxylic acids is 2. The number of carboxylic acids is 2. The summed E-state index contributed by atoms with van der Waals surface area (Å²) in [5.74, 6) is -2.78. The highest BCUT2D eigenvalue weighted by atomic mass is 16.5.